The Labute approximate surface area is 115 Å². The molecule has 0 bridgehead atoms. The summed E-state index contributed by atoms with van der Waals surface area (Å²) >= 11 is 0. The van der Waals surface area contributed by atoms with Gasteiger partial charge in [0.15, 0.2) is 0 Å². The van der Waals surface area contributed by atoms with Crippen LogP contribution in [-0.2, 0) is 0 Å². The van der Waals surface area contributed by atoms with E-state index in [1.165, 1.54) is 69.8 Å². The molecule has 0 amide bonds. The molecule has 1 nitrogen and oxygen atoms in total. The second-order valence-corrected chi connectivity index (χ2v) is 5.66. The van der Waals surface area contributed by atoms with Gasteiger partial charge < -0.3 is 5.32 Å². The highest BCUT2D eigenvalue weighted by molar-refractivity contribution is 4.89. The van der Waals surface area contributed by atoms with Gasteiger partial charge in [-0.1, -0.05) is 64.4 Å². The van der Waals surface area contributed by atoms with Crippen molar-refractivity contribution in [3.05, 3.63) is 12.2 Å². The minimum absolute atomic E-state index is 0.711. The van der Waals surface area contributed by atoms with E-state index in [2.05, 4.69) is 32.7 Å². The summed E-state index contributed by atoms with van der Waals surface area (Å²) in [6.07, 6.45) is 13.6. The van der Waals surface area contributed by atoms with Crippen LogP contribution < -0.4 is 5.32 Å². The van der Waals surface area contributed by atoms with Gasteiger partial charge in [0.2, 0.25) is 0 Å². The van der Waals surface area contributed by atoms with Gasteiger partial charge in [0, 0.05) is 6.04 Å². The lowest BCUT2D eigenvalue weighted by Gasteiger charge is -2.17. The highest BCUT2D eigenvalue weighted by Gasteiger charge is 2.06. The number of hydrogen-bond donors (Lipinski definition) is 1. The van der Waals surface area contributed by atoms with Crippen molar-refractivity contribution >= 4 is 0 Å². The first-order valence-corrected chi connectivity index (χ1v) is 8.08. The standard InChI is InChI=1S/C17H35N/c1-5-7-8-9-10-11-12-13-17(18-6-2)15-14-16(3)4/h17-18H,3,5-15H2,1-2,4H3. The molecule has 0 spiro atoms. The molecule has 1 unspecified atom stereocenters. The van der Waals surface area contributed by atoms with Crippen molar-refractivity contribution in [2.75, 3.05) is 6.54 Å². The molecular formula is C17H35N. The largest absolute Gasteiger partial charge is 0.314 e. The summed E-state index contributed by atoms with van der Waals surface area (Å²) in [6, 6.07) is 0.711. The zero-order valence-corrected chi connectivity index (χ0v) is 13.1. The second-order valence-electron chi connectivity index (χ2n) is 5.66. The van der Waals surface area contributed by atoms with Gasteiger partial charge in [-0.2, -0.15) is 0 Å². The number of hydrogen-bond acceptors (Lipinski definition) is 1. The molecule has 1 atom stereocenters. The average molecular weight is 253 g/mol. The topological polar surface area (TPSA) is 12.0 Å². The summed E-state index contributed by atoms with van der Waals surface area (Å²) in [4.78, 5) is 0. The van der Waals surface area contributed by atoms with Crippen LogP contribution in [0.1, 0.15) is 85.0 Å². The molecule has 0 saturated carbocycles. The Bertz CT molecular complexity index is 186. The molecule has 0 aromatic rings. The van der Waals surface area contributed by atoms with Crippen LogP contribution in [-0.4, -0.2) is 12.6 Å². The maximum absolute atomic E-state index is 4.00. The van der Waals surface area contributed by atoms with Gasteiger partial charge in [0.25, 0.3) is 0 Å². The molecule has 1 heteroatoms. The Morgan fingerprint density at radius 3 is 2.11 bits per heavy atom. The lowest BCUT2D eigenvalue weighted by Crippen LogP contribution is -2.28. The van der Waals surface area contributed by atoms with Gasteiger partial charge in [-0.3, -0.25) is 0 Å². The highest BCUT2D eigenvalue weighted by atomic mass is 14.9. The number of rotatable bonds is 13. The first-order chi connectivity index (χ1) is 8.70. The van der Waals surface area contributed by atoms with Gasteiger partial charge in [0.1, 0.15) is 0 Å². The zero-order valence-electron chi connectivity index (χ0n) is 13.1. The molecule has 0 aliphatic carbocycles. The smallest absolute Gasteiger partial charge is 0.00699 e. The lowest BCUT2D eigenvalue weighted by atomic mass is 10.0. The third kappa shape index (κ3) is 12.2. The predicted octanol–water partition coefficient (Wildman–Crippen LogP) is 5.46. The van der Waals surface area contributed by atoms with Crippen LogP contribution >= 0.6 is 0 Å². The quantitative estimate of drug-likeness (QED) is 0.339. The van der Waals surface area contributed by atoms with Crippen molar-refractivity contribution in [2.45, 2.75) is 91.0 Å². The van der Waals surface area contributed by atoms with E-state index in [9.17, 15) is 0 Å². The predicted molar refractivity (Wildman–Crippen MR) is 84.1 cm³/mol. The number of unbranched alkanes of at least 4 members (excludes halogenated alkanes) is 6. The first-order valence-electron chi connectivity index (χ1n) is 8.08. The Kier molecular flexibility index (Phi) is 12.9. The number of allylic oxidation sites excluding steroid dienone is 1. The van der Waals surface area contributed by atoms with Gasteiger partial charge in [0.05, 0.1) is 0 Å². The molecular weight excluding hydrogens is 218 g/mol. The maximum atomic E-state index is 4.00. The first kappa shape index (κ1) is 17.7. The molecule has 0 aliphatic rings. The third-order valence-corrected chi connectivity index (χ3v) is 3.57. The fraction of sp³-hybridized carbons (Fsp3) is 0.882. The van der Waals surface area contributed by atoms with Crippen molar-refractivity contribution in [2.24, 2.45) is 0 Å². The summed E-state index contributed by atoms with van der Waals surface area (Å²) in [7, 11) is 0. The summed E-state index contributed by atoms with van der Waals surface area (Å²) < 4.78 is 0. The SMILES string of the molecule is C=C(C)CCC(CCCCCCCCC)NCC. The van der Waals surface area contributed by atoms with E-state index in [4.69, 9.17) is 0 Å². The van der Waals surface area contributed by atoms with E-state index in [1.807, 2.05) is 0 Å². The fourth-order valence-corrected chi connectivity index (χ4v) is 2.41. The van der Waals surface area contributed by atoms with Gasteiger partial charge >= 0.3 is 0 Å². The van der Waals surface area contributed by atoms with E-state index >= 15 is 0 Å². The van der Waals surface area contributed by atoms with Crippen LogP contribution in [0.25, 0.3) is 0 Å². The molecule has 0 aromatic carbocycles. The molecule has 0 aliphatic heterocycles. The summed E-state index contributed by atoms with van der Waals surface area (Å²) in [6.45, 7) is 11.7. The Balaban J connectivity index is 3.48. The van der Waals surface area contributed by atoms with Crippen LogP contribution in [0, 0.1) is 0 Å². The summed E-state index contributed by atoms with van der Waals surface area (Å²) in [5, 5.41) is 3.61. The Hall–Kier alpha value is -0.300. The van der Waals surface area contributed by atoms with E-state index in [0.717, 1.165) is 6.54 Å². The lowest BCUT2D eigenvalue weighted by molar-refractivity contribution is 0.438. The van der Waals surface area contributed by atoms with Crippen LogP contribution in [0.5, 0.6) is 0 Å². The molecule has 0 heterocycles. The van der Waals surface area contributed by atoms with Crippen molar-refractivity contribution in [3.63, 3.8) is 0 Å². The van der Waals surface area contributed by atoms with Gasteiger partial charge in [-0.05, 0) is 32.7 Å². The van der Waals surface area contributed by atoms with Crippen LogP contribution in [0.3, 0.4) is 0 Å². The molecule has 108 valence electrons. The normalized spacial score (nSPS) is 12.6. The Morgan fingerprint density at radius 2 is 1.56 bits per heavy atom. The van der Waals surface area contributed by atoms with E-state index < -0.39 is 0 Å². The monoisotopic (exact) mass is 253 g/mol. The molecule has 0 saturated heterocycles. The van der Waals surface area contributed by atoms with Crippen molar-refractivity contribution in [3.8, 4) is 0 Å². The molecule has 0 aromatic heterocycles. The molecule has 0 rings (SSSR count). The average Bonchev–Trinajstić information content (AvgIpc) is 2.34. The van der Waals surface area contributed by atoms with Crippen molar-refractivity contribution in [1.82, 2.24) is 5.32 Å². The summed E-state index contributed by atoms with van der Waals surface area (Å²) in [5.41, 5.74) is 1.32. The van der Waals surface area contributed by atoms with Crippen LogP contribution in [0.2, 0.25) is 0 Å². The molecule has 1 N–H and O–H groups in total. The third-order valence-electron chi connectivity index (χ3n) is 3.57. The summed E-state index contributed by atoms with van der Waals surface area (Å²) in [5.74, 6) is 0. The Morgan fingerprint density at radius 1 is 0.944 bits per heavy atom. The molecule has 0 fully saturated rings. The van der Waals surface area contributed by atoms with E-state index in [1.54, 1.807) is 0 Å². The van der Waals surface area contributed by atoms with Crippen molar-refractivity contribution < 1.29 is 0 Å². The van der Waals surface area contributed by atoms with Crippen LogP contribution in [0.4, 0.5) is 0 Å². The van der Waals surface area contributed by atoms with Gasteiger partial charge in [-0.25, -0.2) is 0 Å². The van der Waals surface area contributed by atoms with Crippen LogP contribution in [0.15, 0.2) is 12.2 Å². The minimum atomic E-state index is 0.711. The molecule has 18 heavy (non-hydrogen) atoms. The maximum Gasteiger partial charge on any atom is 0.00699 e. The van der Waals surface area contributed by atoms with E-state index in [-0.39, 0.29) is 0 Å². The van der Waals surface area contributed by atoms with E-state index in [0.29, 0.717) is 6.04 Å². The minimum Gasteiger partial charge on any atom is -0.314 e. The fourth-order valence-electron chi connectivity index (χ4n) is 2.41. The van der Waals surface area contributed by atoms with Gasteiger partial charge in [-0.15, -0.1) is 6.58 Å². The highest BCUT2D eigenvalue weighted by Crippen LogP contribution is 2.13. The second kappa shape index (κ2) is 13.1. The number of nitrogens with one attached hydrogen (secondary N) is 1. The zero-order chi connectivity index (χ0) is 13.6. The van der Waals surface area contributed by atoms with Crippen molar-refractivity contribution in [1.29, 1.82) is 0 Å². The molecule has 0 radical (unpaired) electrons.